The number of methoxy groups -OCH3 is 4. The van der Waals surface area contributed by atoms with Gasteiger partial charge in [-0.05, 0) is 29.7 Å². The molecule has 0 heterocycles. The molecule has 2 rings (SSSR count). The molecule has 0 bridgehead atoms. The van der Waals surface area contributed by atoms with Crippen molar-refractivity contribution in [1.82, 2.24) is 0 Å². The Morgan fingerprint density at radius 3 is 2.25 bits per heavy atom. The Bertz CT molecular complexity index is 908. The number of carboxylic acids is 1. The number of hydrogen-bond donors (Lipinski definition) is 2. The number of hydrogen-bond acceptors (Lipinski definition) is 7. The molecular formula is C23H29NO7S. The van der Waals surface area contributed by atoms with Crippen molar-refractivity contribution in [2.45, 2.75) is 18.6 Å². The number of carboxylic acid groups (broad SMARTS) is 1. The van der Waals surface area contributed by atoms with Crippen molar-refractivity contribution in [3.05, 3.63) is 46.9 Å². The van der Waals surface area contributed by atoms with E-state index < -0.39 is 17.1 Å². The van der Waals surface area contributed by atoms with Gasteiger partial charge >= 0.3 is 5.97 Å². The van der Waals surface area contributed by atoms with Crippen molar-refractivity contribution in [2.75, 3.05) is 40.3 Å². The minimum atomic E-state index is -1.30. The smallest absolute Gasteiger partial charge is 0.303 e. The van der Waals surface area contributed by atoms with Crippen LogP contribution >= 0.6 is 0 Å². The molecule has 0 fully saturated rings. The van der Waals surface area contributed by atoms with Crippen LogP contribution in [0.1, 0.15) is 24.0 Å². The van der Waals surface area contributed by atoms with Gasteiger partial charge in [0.05, 0.1) is 39.7 Å². The van der Waals surface area contributed by atoms with Gasteiger partial charge in [0.2, 0.25) is 0 Å². The van der Waals surface area contributed by atoms with Crippen LogP contribution in [0, 0.1) is 0 Å². The number of benzene rings is 2. The van der Waals surface area contributed by atoms with Gasteiger partial charge in [-0.2, -0.15) is 0 Å². The molecule has 0 spiro atoms. The van der Waals surface area contributed by atoms with Crippen LogP contribution in [0.3, 0.4) is 0 Å². The number of aliphatic carboxylic acids is 1. The summed E-state index contributed by atoms with van der Waals surface area (Å²) in [6.45, 7) is 0.492. The Balaban J connectivity index is 2.12. The van der Waals surface area contributed by atoms with Crippen molar-refractivity contribution in [3.63, 3.8) is 0 Å². The molecule has 0 aliphatic rings. The van der Waals surface area contributed by atoms with E-state index in [1.54, 1.807) is 58.1 Å². The predicted octanol–water partition coefficient (Wildman–Crippen LogP) is 3.92. The van der Waals surface area contributed by atoms with Crippen LogP contribution in [0.2, 0.25) is 0 Å². The molecule has 1 unspecified atom stereocenters. The zero-order valence-corrected chi connectivity index (χ0v) is 19.5. The maximum Gasteiger partial charge on any atom is 0.303 e. The second-order valence-corrected chi connectivity index (χ2v) is 8.05. The summed E-state index contributed by atoms with van der Waals surface area (Å²) in [7, 11) is 6.21. The number of rotatable bonds is 13. The molecule has 2 aromatic carbocycles. The third-order valence-corrected chi connectivity index (χ3v) is 5.65. The lowest BCUT2D eigenvalue weighted by molar-refractivity contribution is -0.137. The highest BCUT2D eigenvalue weighted by atomic mass is 32.2. The van der Waals surface area contributed by atoms with Crippen LogP contribution in [-0.4, -0.2) is 50.6 Å². The third kappa shape index (κ3) is 7.28. The van der Waals surface area contributed by atoms with Crippen molar-refractivity contribution < 1.29 is 33.4 Å². The van der Waals surface area contributed by atoms with E-state index in [1.165, 1.54) is 0 Å². The van der Waals surface area contributed by atoms with E-state index in [9.17, 15) is 9.35 Å². The van der Waals surface area contributed by atoms with Gasteiger partial charge in [-0.1, -0.05) is 6.07 Å². The van der Waals surface area contributed by atoms with Gasteiger partial charge in [0, 0.05) is 36.7 Å². The van der Waals surface area contributed by atoms with Gasteiger partial charge in [-0.15, -0.1) is 0 Å². The molecule has 1 atom stereocenters. The van der Waals surface area contributed by atoms with E-state index in [1.807, 2.05) is 12.1 Å². The summed E-state index contributed by atoms with van der Waals surface area (Å²) in [5.41, 5.74) is 2.25. The first-order valence-corrected chi connectivity index (χ1v) is 11.3. The topological polar surface area (TPSA) is 109 Å². The maximum absolute atomic E-state index is 12.7. The van der Waals surface area contributed by atoms with E-state index >= 15 is 0 Å². The molecule has 0 aromatic heterocycles. The highest BCUT2D eigenvalue weighted by Crippen LogP contribution is 2.35. The Hall–Kier alpha value is -3.04. The van der Waals surface area contributed by atoms with Crippen LogP contribution in [0.5, 0.6) is 23.0 Å². The second kappa shape index (κ2) is 12.7. The SMILES string of the molecule is COc1cc(OC)c(/C=C/[S+]([O-])Cc2ccc(OC)c(NCCCC(=O)O)c2)c(OC)c1. The second-order valence-electron chi connectivity index (χ2n) is 6.73. The molecule has 0 saturated heterocycles. The highest BCUT2D eigenvalue weighted by Gasteiger charge is 2.13. The van der Waals surface area contributed by atoms with Gasteiger partial charge in [0.1, 0.15) is 34.2 Å². The average molecular weight is 464 g/mol. The summed E-state index contributed by atoms with van der Waals surface area (Å²) >= 11 is -1.30. The molecule has 32 heavy (non-hydrogen) atoms. The molecule has 8 nitrogen and oxygen atoms in total. The molecule has 0 amide bonds. The van der Waals surface area contributed by atoms with Crippen LogP contribution in [0.4, 0.5) is 5.69 Å². The van der Waals surface area contributed by atoms with E-state index in [-0.39, 0.29) is 6.42 Å². The zero-order valence-electron chi connectivity index (χ0n) is 18.7. The van der Waals surface area contributed by atoms with E-state index in [0.29, 0.717) is 47.3 Å². The quantitative estimate of drug-likeness (QED) is 0.340. The van der Waals surface area contributed by atoms with E-state index in [2.05, 4.69) is 5.32 Å². The summed E-state index contributed by atoms with van der Waals surface area (Å²) in [6.07, 6.45) is 2.28. The predicted molar refractivity (Wildman–Crippen MR) is 125 cm³/mol. The Morgan fingerprint density at radius 1 is 1.03 bits per heavy atom. The number of ether oxygens (including phenoxy) is 4. The normalized spacial score (nSPS) is 11.8. The molecular weight excluding hydrogens is 434 g/mol. The zero-order chi connectivity index (χ0) is 23.5. The summed E-state index contributed by atoms with van der Waals surface area (Å²) < 4.78 is 34.1. The first-order valence-electron chi connectivity index (χ1n) is 9.89. The third-order valence-electron chi connectivity index (χ3n) is 4.60. The fraction of sp³-hybridized carbons (Fsp3) is 0.348. The molecule has 0 saturated carbocycles. The lowest BCUT2D eigenvalue weighted by atomic mass is 10.1. The minimum Gasteiger partial charge on any atom is -0.612 e. The van der Waals surface area contributed by atoms with Crippen molar-refractivity contribution in [1.29, 1.82) is 0 Å². The van der Waals surface area contributed by atoms with Crippen LogP contribution in [0.15, 0.2) is 35.7 Å². The number of anilines is 1. The fourth-order valence-electron chi connectivity index (χ4n) is 3.00. The average Bonchev–Trinajstić information content (AvgIpc) is 2.79. The van der Waals surface area contributed by atoms with Gasteiger partial charge in [0.25, 0.3) is 0 Å². The first kappa shape index (κ1) is 25.2. The maximum atomic E-state index is 12.7. The van der Waals surface area contributed by atoms with E-state index in [0.717, 1.165) is 11.3 Å². The van der Waals surface area contributed by atoms with Gasteiger partial charge < -0.3 is 33.9 Å². The number of carbonyl (C=O) groups is 1. The summed E-state index contributed by atoms with van der Waals surface area (Å²) in [5.74, 6) is 1.79. The lowest BCUT2D eigenvalue weighted by Crippen LogP contribution is -2.07. The Labute approximate surface area is 191 Å². The van der Waals surface area contributed by atoms with Gasteiger partial charge in [-0.25, -0.2) is 0 Å². The summed E-state index contributed by atoms with van der Waals surface area (Å²) in [4.78, 5) is 10.7. The van der Waals surface area contributed by atoms with Gasteiger partial charge in [0.15, 0.2) is 0 Å². The van der Waals surface area contributed by atoms with E-state index in [4.69, 9.17) is 24.1 Å². The highest BCUT2D eigenvalue weighted by molar-refractivity contribution is 7.93. The largest absolute Gasteiger partial charge is 0.612 e. The van der Waals surface area contributed by atoms with Gasteiger partial charge in [-0.3, -0.25) is 4.79 Å². The summed E-state index contributed by atoms with van der Waals surface area (Å²) in [6, 6.07) is 8.97. The molecule has 2 N–H and O–H groups in total. The van der Waals surface area contributed by atoms with Crippen LogP contribution in [0.25, 0.3) is 6.08 Å². The van der Waals surface area contributed by atoms with Crippen molar-refractivity contribution in [3.8, 4) is 23.0 Å². The first-order chi connectivity index (χ1) is 15.4. The van der Waals surface area contributed by atoms with Crippen LogP contribution in [-0.2, 0) is 21.7 Å². The molecule has 0 radical (unpaired) electrons. The van der Waals surface area contributed by atoms with Crippen molar-refractivity contribution >= 4 is 28.9 Å². The standard InChI is InChI=1S/C23H29NO7S/c1-28-17-13-21(30-3)18(22(14-17)31-4)9-11-32(27)15-16-7-8-20(29-2)19(12-16)24-10-5-6-23(25)26/h7-9,11-14,24H,5-6,10,15H2,1-4H3,(H,25,26)/b11-9+. The monoisotopic (exact) mass is 463 g/mol. The number of nitrogens with one attached hydrogen (secondary N) is 1. The molecule has 9 heteroatoms. The molecule has 0 aliphatic carbocycles. The van der Waals surface area contributed by atoms with Crippen molar-refractivity contribution in [2.24, 2.45) is 0 Å². The minimum absolute atomic E-state index is 0.0854. The van der Waals surface area contributed by atoms with Crippen LogP contribution < -0.4 is 24.3 Å². The lowest BCUT2D eigenvalue weighted by Gasteiger charge is -2.14. The summed E-state index contributed by atoms with van der Waals surface area (Å²) in [5, 5.41) is 13.5. The molecule has 2 aromatic rings. The Kier molecular flexibility index (Phi) is 10.0. The fourth-order valence-corrected chi connectivity index (χ4v) is 3.89. The molecule has 174 valence electrons. The molecule has 0 aliphatic heterocycles. The Morgan fingerprint density at radius 2 is 1.69 bits per heavy atom.